The van der Waals surface area contributed by atoms with Crippen molar-refractivity contribution >= 4 is 34.9 Å². The fraction of sp³-hybridized carbons (Fsp3) is 0.143. The highest BCUT2D eigenvalue weighted by molar-refractivity contribution is 6.35. The molecular formula is C7H5Cl2FN2O2. The van der Waals surface area contributed by atoms with Crippen molar-refractivity contribution in [1.82, 2.24) is 4.98 Å². The van der Waals surface area contributed by atoms with E-state index < -0.39 is 22.6 Å². The van der Waals surface area contributed by atoms with Crippen molar-refractivity contribution in [3.8, 4) is 0 Å². The van der Waals surface area contributed by atoms with Gasteiger partial charge in [-0.1, -0.05) is 23.2 Å². The molecule has 2 N–H and O–H groups in total. The lowest BCUT2D eigenvalue weighted by molar-refractivity contribution is 0.0601. The van der Waals surface area contributed by atoms with Crippen molar-refractivity contribution < 1.29 is 13.9 Å². The molecule has 1 rings (SSSR count). The number of hydrogen-bond acceptors (Lipinski definition) is 4. The van der Waals surface area contributed by atoms with Gasteiger partial charge in [0.25, 0.3) is 0 Å². The van der Waals surface area contributed by atoms with Crippen molar-refractivity contribution in [2.75, 3.05) is 12.8 Å². The summed E-state index contributed by atoms with van der Waals surface area (Å²) in [6.45, 7) is 0. The third kappa shape index (κ3) is 1.73. The van der Waals surface area contributed by atoms with E-state index in [9.17, 15) is 9.18 Å². The maximum Gasteiger partial charge on any atom is 0.343 e. The maximum atomic E-state index is 13.1. The molecule has 0 amide bonds. The van der Waals surface area contributed by atoms with Gasteiger partial charge in [0.05, 0.1) is 12.8 Å². The van der Waals surface area contributed by atoms with Crippen molar-refractivity contribution in [1.29, 1.82) is 0 Å². The maximum absolute atomic E-state index is 13.1. The van der Waals surface area contributed by atoms with Gasteiger partial charge in [0.2, 0.25) is 0 Å². The van der Waals surface area contributed by atoms with Crippen LogP contribution < -0.4 is 5.73 Å². The molecule has 0 radical (unpaired) electrons. The molecule has 0 aromatic carbocycles. The van der Waals surface area contributed by atoms with E-state index in [1.54, 1.807) is 0 Å². The molecule has 0 spiro atoms. The van der Waals surface area contributed by atoms with Crippen LogP contribution in [0.2, 0.25) is 10.3 Å². The van der Waals surface area contributed by atoms with Crippen LogP contribution in [0.5, 0.6) is 0 Å². The quantitative estimate of drug-likeness (QED) is 0.600. The summed E-state index contributed by atoms with van der Waals surface area (Å²) in [5.41, 5.74) is 4.48. The lowest BCUT2D eigenvalue weighted by Crippen LogP contribution is -2.10. The molecule has 0 saturated heterocycles. The summed E-state index contributed by atoms with van der Waals surface area (Å²) in [7, 11) is 1.12. The van der Waals surface area contributed by atoms with E-state index in [0.29, 0.717) is 0 Å². The summed E-state index contributed by atoms with van der Waals surface area (Å²) in [6, 6.07) is 0. The van der Waals surface area contributed by atoms with E-state index in [-0.39, 0.29) is 10.7 Å². The zero-order chi connectivity index (χ0) is 10.9. The van der Waals surface area contributed by atoms with Gasteiger partial charge in [0.1, 0.15) is 10.7 Å². The van der Waals surface area contributed by atoms with E-state index >= 15 is 0 Å². The minimum absolute atomic E-state index is 0.291. The standard InChI is InChI=1S/C7H5Cl2FN2O2/c1-14-7(13)2-4(11)3(10)6(9)12-5(2)8/h1H3,(H2,11,12). The molecule has 4 nitrogen and oxygen atoms in total. The second-order valence-electron chi connectivity index (χ2n) is 2.29. The number of carbonyl (C=O) groups is 1. The number of carbonyl (C=O) groups excluding carboxylic acids is 1. The van der Waals surface area contributed by atoms with E-state index in [1.807, 2.05) is 0 Å². The minimum Gasteiger partial charge on any atom is -0.465 e. The predicted molar refractivity (Wildman–Crippen MR) is 50.0 cm³/mol. The average Bonchev–Trinajstić information content (AvgIpc) is 2.14. The number of methoxy groups -OCH3 is 1. The molecule has 0 saturated carbocycles. The summed E-state index contributed by atoms with van der Waals surface area (Å²) < 4.78 is 17.4. The molecule has 0 bridgehead atoms. The van der Waals surface area contributed by atoms with E-state index in [1.165, 1.54) is 0 Å². The highest BCUT2D eigenvalue weighted by Crippen LogP contribution is 2.28. The summed E-state index contributed by atoms with van der Waals surface area (Å²) >= 11 is 10.9. The second kappa shape index (κ2) is 3.98. The molecule has 7 heteroatoms. The molecule has 0 aliphatic heterocycles. The van der Waals surface area contributed by atoms with Gasteiger partial charge in [-0.2, -0.15) is 0 Å². The molecule has 0 aliphatic rings. The Labute approximate surface area is 88.8 Å². The lowest BCUT2D eigenvalue weighted by Gasteiger charge is -2.06. The first kappa shape index (κ1) is 11.0. The van der Waals surface area contributed by atoms with Crippen molar-refractivity contribution in [3.63, 3.8) is 0 Å². The molecule has 0 aliphatic carbocycles. The number of hydrogen-bond donors (Lipinski definition) is 1. The Hall–Kier alpha value is -1.07. The number of rotatable bonds is 1. The van der Waals surface area contributed by atoms with Gasteiger partial charge >= 0.3 is 5.97 Å². The van der Waals surface area contributed by atoms with Gasteiger partial charge in [0.15, 0.2) is 11.0 Å². The number of halogens is 3. The van der Waals surface area contributed by atoms with Crippen LogP contribution >= 0.6 is 23.2 Å². The number of anilines is 1. The van der Waals surface area contributed by atoms with E-state index in [4.69, 9.17) is 28.9 Å². The van der Waals surface area contributed by atoms with Gasteiger partial charge in [-0.05, 0) is 0 Å². The summed E-state index contributed by atoms with van der Waals surface area (Å²) in [4.78, 5) is 14.5. The van der Waals surface area contributed by atoms with E-state index in [2.05, 4.69) is 9.72 Å². The zero-order valence-corrected chi connectivity index (χ0v) is 8.49. The second-order valence-corrected chi connectivity index (χ2v) is 3.00. The zero-order valence-electron chi connectivity index (χ0n) is 6.97. The van der Waals surface area contributed by atoms with Crippen molar-refractivity contribution in [2.24, 2.45) is 0 Å². The van der Waals surface area contributed by atoms with Crippen LogP contribution in [0, 0.1) is 5.82 Å². The molecule has 1 aromatic heterocycles. The number of nitrogen functional groups attached to an aromatic ring is 1. The van der Waals surface area contributed by atoms with Crippen LogP contribution in [0.3, 0.4) is 0 Å². The topological polar surface area (TPSA) is 65.2 Å². The van der Waals surface area contributed by atoms with Gasteiger partial charge in [-0.3, -0.25) is 0 Å². The number of esters is 1. The van der Waals surface area contributed by atoms with Crippen LogP contribution in [0.1, 0.15) is 10.4 Å². The Morgan fingerprint density at radius 3 is 2.57 bits per heavy atom. The normalized spacial score (nSPS) is 10.0. The first-order chi connectivity index (χ1) is 6.49. The van der Waals surface area contributed by atoms with E-state index in [0.717, 1.165) is 7.11 Å². The Balaban J connectivity index is 3.44. The summed E-state index contributed by atoms with van der Waals surface area (Å²) in [5, 5.41) is -0.777. The first-order valence-corrected chi connectivity index (χ1v) is 4.13. The Bertz CT molecular complexity index is 398. The average molecular weight is 239 g/mol. The Morgan fingerprint density at radius 2 is 2.07 bits per heavy atom. The van der Waals surface area contributed by atoms with Crippen LogP contribution in [0.25, 0.3) is 0 Å². The summed E-state index contributed by atoms with van der Waals surface area (Å²) in [6.07, 6.45) is 0. The largest absolute Gasteiger partial charge is 0.465 e. The molecule has 0 unspecified atom stereocenters. The van der Waals surface area contributed by atoms with Gasteiger partial charge in [-0.15, -0.1) is 0 Å². The van der Waals surface area contributed by atoms with Gasteiger partial charge < -0.3 is 10.5 Å². The number of pyridine rings is 1. The number of aromatic nitrogens is 1. The number of nitrogens with two attached hydrogens (primary N) is 1. The third-order valence-corrected chi connectivity index (χ3v) is 2.00. The van der Waals surface area contributed by atoms with Crippen LogP contribution in [-0.4, -0.2) is 18.1 Å². The predicted octanol–water partition coefficient (Wildman–Crippen LogP) is 1.90. The first-order valence-electron chi connectivity index (χ1n) is 3.37. The molecule has 76 valence electrons. The Kier molecular flexibility index (Phi) is 3.13. The van der Waals surface area contributed by atoms with Crippen molar-refractivity contribution in [3.05, 3.63) is 21.7 Å². The molecule has 14 heavy (non-hydrogen) atoms. The van der Waals surface area contributed by atoms with Crippen molar-refractivity contribution in [2.45, 2.75) is 0 Å². The number of ether oxygens (including phenoxy) is 1. The summed E-state index contributed by atoms with van der Waals surface area (Å²) in [5.74, 6) is -1.85. The minimum atomic E-state index is -0.989. The van der Waals surface area contributed by atoms with Crippen LogP contribution in [-0.2, 0) is 4.74 Å². The Morgan fingerprint density at radius 1 is 1.50 bits per heavy atom. The smallest absolute Gasteiger partial charge is 0.343 e. The van der Waals surface area contributed by atoms with Crippen LogP contribution in [0.4, 0.5) is 10.1 Å². The lowest BCUT2D eigenvalue weighted by atomic mass is 10.2. The highest BCUT2D eigenvalue weighted by Gasteiger charge is 2.21. The van der Waals surface area contributed by atoms with Gasteiger partial charge in [-0.25, -0.2) is 14.2 Å². The van der Waals surface area contributed by atoms with Gasteiger partial charge in [0, 0.05) is 0 Å². The number of nitrogens with zero attached hydrogens (tertiary/aromatic N) is 1. The molecule has 0 atom stereocenters. The monoisotopic (exact) mass is 238 g/mol. The molecule has 1 heterocycles. The SMILES string of the molecule is COC(=O)c1c(Cl)nc(Cl)c(F)c1N. The highest BCUT2D eigenvalue weighted by atomic mass is 35.5. The molecule has 0 fully saturated rings. The molecule has 1 aromatic rings. The third-order valence-electron chi connectivity index (χ3n) is 1.48. The fourth-order valence-corrected chi connectivity index (χ4v) is 1.31. The molecular weight excluding hydrogens is 234 g/mol. The van der Waals surface area contributed by atoms with Crippen LogP contribution in [0.15, 0.2) is 0 Å². The fourth-order valence-electron chi connectivity index (χ4n) is 0.819.